The average molecular weight is 339 g/mol. The van der Waals surface area contributed by atoms with Crippen molar-refractivity contribution in [2.75, 3.05) is 7.11 Å². The lowest BCUT2D eigenvalue weighted by Crippen LogP contribution is -2.04. The van der Waals surface area contributed by atoms with Gasteiger partial charge < -0.3 is 9.47 Å². The van der Waals surface area contributed by atoms with Gasteiger partial charge in [-0.3, -0.25) is 0 Å². The molecule has 0 radical (unpaired) electrons. The molecule has 0 saturated carbocycles. The molecule has 0 aliphatic heterocycles. The summed E-state index contributed by atoms with van der Waals surface area (Å²) in [5.74, 6) is -0.429. The van der Waals surface area contributed by atoms with Gasteiger partial charge in [-0.05, 0) is 30.3 Å². The molecular formula is C15H12BrFO3. The van der Waals surface area contributed by atoms with Crippen LogP contribution in [0.4, 0.5) is 4.39 Å². The lowest BCUT2D eigenvalue weighted by molar-refractivity contribution is 0.0600. The number of ether oxygens (including phenoxy) is 2. The Hall–Kier alpha value is -1.88. The van der Waals surface area contributed by atoms with Crippen molar-refractivity contribution in [2.24, 2.45) is 0 Å². The molecule has 0 bridgehead atoms. The molecule has 0 aliphatic rings. The first-order chi connectivity index (χ1) is 9.60. The Labute approximate surface area is 124 Å². The molecule has 0 fully saturated rings. The Bertz CT molecular complexity index is 628. The van der Waals surface area contributed by atoms with Crippen molar-refractivity contribution in [3.8, 4) is 5.75 Å². The normalized spacial score (nSPS) is 10.2. The fraction of sp³-hybridized carbons (Fsp3) is 0.133. The molecule has 0 aromatic heterocycles. The van der Waals surface area contributed by atoms with Gasteiger partial charge in [0, 0.05) is 10.0 Å². The number of benzene rings is 2. The van der Waals surface area contributed by atoms with Crippen LogP contribution in [0.1, 0.15) is 15.9 Å². The number of halogens is 2. The van der Waals surface area contributed by atoms with Crippen LogP contribution in [-0.2, 0) is 11.3 Å². The molecule has 104 valence electrons. The van der Waals surface area contributed by atoms with E-state index in [1.54, 1.807) is 12.1 Å². The minimum Gasteiger partial charge on any atom is -0.489 e. The van der Waals surface area contributed by atoms with Crippen LogP contribution in [0.5, 0.6) is 5.75 Å². The standard InChI is InChI=1S/C15H12BrFO3/c1-19-15(18)10-5-6-11(14(17)7-10)9-20-13-4-2-3-12(16)8-13/h2-8H,9H2,1H3. The van der Waals surface area contributed by atoms with E-state index in [1.807, 2.05) is 12.1 Å². The largest absolute Gasteiger partial charge is 0.489 e. The number of carbonyl (C=O) groups is 1. The summed E-state index contributed by atoms with van der Waals surface area (Å²) in [6.45, 7) is 0.0870. The number of carbonyl (C=O) groups excluding carboxylic acids is 1. The highest BCUT2D eigenvalue weighted by Crippen LogP contribution is 2.20. The van der Waals surface area contributed by atoms with Gasteiger partial charge in [0.15, 0.2) is 0 Å². The Morgan fingerprint density at radius 2 is 2.05 bits per heavy atom. The summed E-state index contributed by atoms with van der Waals surface area (Å²) >= 11 is 3.33. The lowest BCUT2D eigenvalue weighted by atomic mass is 10.1. The Morgan fingerprint density at radius 3 is 2.70 bits per heavy atom. The van der Waals surface area contributed by atoms with Crippen LogP contribution in [0.25, 0.3) is 0 Å². The molecule has 0 amide bonds. The van der Waals surface area contributed by atoms with E-state index < -0.39 is 11.8 Å². The van der Waals surface area contributed by atoms with Gasteiger partial charge in [-0.1, -0.05) is 28.1 Å². The molecule has 2 rings (SSSR count). The van der Waals surface area contributed by atoms with Crippen LogP contribution < -0.4 is 4.74 Å². The summed E-state index contributed by atoms with van der Waals surface area (Å²) < 4.78 is 24.7. The van der Waals surface area contributed by atoms with Crippen molar-refractivity contribution < 1.29 is 18.7 Å². The van der Waals surface area contributed by atoms with Crippen molar-refractivity contribution >= 4 is 21.9 Å². The van der Waals surface area contributed by atoms with Crippen molar-refractivity contribution in [1.29, 1.82) is 0 Å². The highest BCUT2D eigenvalue weighted by Gasteiger charge is 2.10. The van der Waals surface area contributed by atoms with Gasteiger partial charge in [0.1, 0.15) is 18.2 Å². The number of methoxy groups -OCH3 is 1. The molecule has 0 aliphatic carbocycles. The van der Waals surface area contributed by atoms with Crippen LogP contribution in [0.3, 0.4) is 0 Å². The van der Waals surface area contributed by atoms with E-state index in [-0.39, 0.29) is 12.2 Å². The van der Waals surface area contributed by atoms with Crippen molar-refractivity contribution in [3.05, 3.63) is 63.9 Å². The maximum atomic E-state index is 13.8. The minimum atomic E-state index is -0.566. The van der Waals surface area contributed by atoms with Gasteiger partial charge in [-0.25, -0.2) is 9.18 Å². The van der Waals surface area contributed by atoms with Gasteiger partial charge in [-0.15, -0.1) is 0 Å². The van der Waals surface area contributed by atoms with Gasteiger partial charge >= 0.3 is 5.97 Å². The van der Waals surface area contributed by atoms with E-state index in [2.05, 4.69) is 20.7 Å². The second-order valence-corrected chi connectivity index (χ2v) is 4.96. The van der Waals surface area contributed by atoms with Crippen LogP contribution in [0, 0.1) is 5.82 Å². The van der Waals surface area contributed by atoms with Crippen LogP contribution in [0.2, 0.25) is 0 Å². The number of rotatable bonds is 4. The van der Waals surface area contributed by atoms with E-state index in [0.29, 0.717) is 11.3 Å². The highest BCUT2D eigenvalue weighted by molar-refractivity contribution is 9.10. The molecule has 0 spiro atoms. The molecule has 3 nitrogen and oxygen atoms in total. The Kier molecular flexibility index (Phi) is 4.74. The third-order valence-corrected chi connectivity index (χ3v) is 3.16. The zero-order valence-corrected chi connectivity index (χ0v) is 12.3. The van der Waals surface area contributed by atoms with Crippen molar-refractivity contribution in [1.82, 2.24) is 0 Å². The first-order valence-corrected chi connectivity index (χ1v) is 6.64. The van der Waals surface area contributed by atoms with E-state index in [4.69, 9.17) is 4.74 Å². The van der Waals surface area contributed by atoms with Crippen molar-refractivity contribution in [2.45, 2.75) is 6.61 Å². The zero-order chi connectivity index (χ0) is 14.5. The number of esters is 1. The number of hydrogen-bond acceptors (Lipinski definition) is 3. The van der Waals surface area contributed by atoms with Gasteiger partial charge in [0.25, 0.3) is 0 Å². The second kappa shape index (κ2) is 6.52. The van der Waals surface area contributed by atoms with Crippen LogP contribution in [0.15, 0.2) is 46.9 Å². The average Bonchev–Trinajstić information content (AvgIpc) is 2.45. The summed E-state index contributed by atoms with van der Waals surface area (Å²) in [4.78, 5) is 11.3. The lowest BCUT2D eigenvalue weighted by Gasteiger charge is -2.08. The fourth-order valence-corrected chi connectivity index (χ4v) is 2.01. The van der Waals surface area contributed by atoms with Gasteiger partial charge in [0.2, 0.25) is 0 Å². The summed E-state index contributed by atoms with van der Waals surface area (Å²) in [6, 6.07) is 11.4. The zero-order valence-electron chi connectivity index (χ0n) is 10.7. The van der Waals surface area contributed by atoms with E-state index in [9.17, 15) is 9.18 Å². The summed E-state index contributed by atoms with van der Waals surface area (Å²) in [5, 5.41) is 0. The van der Waals surface area contributed by atoms with E-state index in [1.165, 1.54) is 19.2 Å². The van der Waals surface area contributed by atoms with Crippen LogP contribution >= 0.6 is 15.9 Å². The molecule has 0 N–H and O–H groups in total. The molecule has 2 aromatic carbocycles. The molecule has 5 heteroatoms. The quantitative estimate of drug-likeness (QED) is 0.791. The van der Waals surface area contributed by atoms with E-state index in [0.717, 1.165) is 10.5 Å². The minimum absolute atomic E-state index is 0.0870. The Balaban J connectivity index is 2.08. The molecule has 20 heavy (non-hydrogen) atoms. The third kappa shape index (κ3) is 3.57. The third-order valence-electron chi connectivity index (χ3n) is 2.66. The van der Waals surface area contributed by atoms with Gasteiger partial charge in [0.05, 0.1) is 12.7 Å². The molecule has 2 aromatic rings. The van der Waals surface area contributed by atoms with E-state index >= 15 is 0 Å². The summed E-state index contributed by atoms with van der Waals surface area (Å²) in [5.41, 5.74) is 0.550. The highest BCUT2D eigenvalue weighted by atomic mass is 79.9. The number of hydrogen-bond donors (Lipinski definition) is 0. The first-order valence-electron chi connectivity index (χ1n) is 5.85. The molecule has 0 unspecified atom stereocenters. The SMILES string of the molecule is COC(=O)c1ccc(COc2cccc(Br)c2)c(F)c1. The maximum absolute atomic E-state index is 13.8. The maximum Gasteiger partial charge on any atom is 0.337 e. The molecule has 0 saturated heterocycles. The topological polar surface area (TPSA) is 35.5 Å². The fourth-order valence-electron chi connectivity index (χ4n) is 1.63. The monoisotopic (exact) mass is 338 g/mol. The van der Waals surface area contributed by atoms with Gasteiger partial charge in [-0.2, -0.15) is 0 Å². The predicted octanol–water partition coefficient (Wildman–Crippen LogP) is 3.95. The summed E-state index contributed by atoms with van der Waals surface area (Å²) in [7, 11) is 1.25. The second-order valence-electron chi connectivity index (χ2n) is 4.04. The summed E-state index contributed by atoms with van der Waals surface area (Å²) in [6.07, 6.45) is 0. The predicted molar refractivity (Wildman–Crippen MR) is 76.2 cm³/mol. The molecule has 0 heterocycles. The van der Waals surface area contributed by atoms with Crippen molar-refractivity contribution in [3.63, 3.8) is 0 Å². The molecule has 0 atom stereocenters. The smallest absolute Gasteiger partial charge is 0.337 e. The molecular weight excluding hydrogens is 327 g/mol. The Morgan fingerprint density at radius 1 is 1.25 bits per heavy atom. The first kappa shape index (κ1) is 14.5. The van der Waals surface area contributed by atoms with Crippen LogP contribution in [-0.4, -0.2) is 13.1 Å².